The standard InChI is InChI=1S/C45H27N3Se/c1-3-11-30(12-4-1)43-46-44(31-13-5-2-6-14-31)48-45(47-43)33-22-25-41-40(27-33)38-17-9-16-35(42(38)49-41)32-19-18-29-21-23-36-34-15-8-7-10-28(34)20-24-37(36)39(29)26-32/h1-27H. The fourth-order valence-corrected chi connectivity index (χ4v) is 9.64. The molecule has 0 saturated heterocycles. The van der Waals surface area contributed by atoms with Gasteiger partial charge in [-0.3, -0.25) is 0 Å². The Bertz CT molecular complexity index is 2820. The first kappa shape index (κ1) is 28.1. The van der Waals surface area contributed by atoms with E-state index in [9.17, 15) is 0 Å². The van der Waals surface area contributed by atoms with Gasteiger partial charge in [0.25, 0.3) is 0 Å². The maximum atomic E-state index is 5.00. The van der Waals surface area contributed by atoms with Crippen LogP contribution in [-0.4, -0.2) is 29.5 Å². The number of fused-ring (bicyclic) bond motifs is 8. The normalized spacial score (nSPS) is 11.7. The van der Waals surface area contributed by atoms with E-state index < -0.39 is 0 Å². The Kier molecular flexibility index (Phi) is 6.51. The van der Waals surface area contributed by atoms with E-state index in [1.165, 1.54) is 62.7 Å². The van der Waals surface area contributed by atoms with Crippen LogP contribution in [-0.2, 0) is 0 Å². The molecule has 10 aromatic rings. The average molecular weight is 689 g/mol. The van der Waals surface area contributed by atoms with Gasteiger partial charge in [-0.2, -0.15) is 0 Å². The Balaban J connectivity index is 1.13. The van der Waals surface area contributed by atoms with E-state index in [-0.39, 0.29) is 14.5 Å². The quantitative estimate of drug-likeness (QED) is 0.136. The topological polar surface area (TPSA) is 38.7 Å². The number of hydrogen-bond donors (Lipinski definition) is 0. The molecule has 0 atom stereocenters. The van der Waals surface area contributed by atoms with Crippen LogP contribution in [0.5, 0.6) is 0 Å². The first-order chi connectivity index (χ1) is 24.3. The van der Waals surface area contributed by atoms with Crippen LogP contribution in [0.2, 0.25) is 0 Å². The van der Waals surface area contributed by atoms with Crippen molar-refractivity contribution in [1.29, 1.82) is 0 Å². The van der Waals surface area contributed by atoms with Crippen molar-refractivity contribution in [2.24, 2.45) is 0 Å². The number of benzene rings is 8. The zero-order valence-electron chi connectivity index (χ0n) is 26.3. The number of hydrogen-bond acceptors (Lipinski definition) is 3. The molecular formula is C45H27N3Se. The van der Waals surface area contributed by atoms with Gasteiger partial charge in [0, 0.05) is 0 Å². The summed E-state index contributed by atoms with van der Waals surface area (Å²) < 4.78 is 2.81. The summed E-state index contributed by atoms with van der Waals surface area (Å²) in [6.45, 7) is 0. The van der Waals surface area contributed by atoms with Crippen LogP contribution in [0.1, 0.15) is 0 Å². The summed E-state index contributed by atoms with van der Waals surface area (Å²) in [7, 11) is 0. The summed E-state index contributed by atoms with van der Waals surface area (Å²) in [5.74, 6) is 2.03. The summed E-state index contributed by atoms with van der Waals surface area (Å²) in [5, 5.41) is 10.3. The van der Waals surface area contributed by atoms with Crippen LogP contribution in [0.4, 0.5) is 0 Å². The van der Waals surface area contributed by atoms with Gasteiger partial charge in [-0.05, 0) is 0 Å². The molecule has 0 saturated carbocycles. The van der Waals surface area contributed by atoms with Gasteiger partial charge in [-0.15, -0.1) is 0 Å². The van der Waals surface area contributed by atoms with E-state index in [2.05, 4.69) is 127 Å². The Morgan fingerprint density at radius 1 is 0.327 bits per heavy atom. The van der Waals surface area contributed by atoms with Gasteiger partial charge in [-0.25, -0.2) is 0 Å². The molecule has 2 heterocycles. The molecule has 2 aromatic heterocycles. The van der Waals surface area contributed by atoms with Gasteiger partial charge in [0.15, 0.2) is 0 Å². The van der Waals surface area contributed by atoms with Crippen LogP contribution >= 0.6 is 0 Å². The second-order valence-electron chi connectivity index (χ2n) is 12.4. The van der Waals surface area contributed by atoms with Gasteiger partial charge in [0.1, 0.15) is 0 Å². The third-order valence-electron chi connectivity index (χ3n) is 9.51. The predicted molar refractivity (Wildman–Crippen MR) is 206 cm³/mol. The van der Waals surface area contributed by atoms with Crippen molar-refractivity contribution in [3.05, 3.63) is 164 Å². The molecule has 0 fully saturated rings. The van der Waals surface area contributed by atoms with Gasteiger partial charge in [-0.1, -0.05) is 0 Å². The van der Waals surface area contributed by atoms with Crippen LogP contribution in [0.25, 0.3) is 96.9 Å². The van der Waals surface area contributed by atoms with Gasteiger partial charge in [0.05, 0.1) is 0 Å². The number of nitrogens with zero attached hydrogens (tertiary/aromatic N) is 3. The Morgan fingerprint density at radius 2 is 0.878 bits per heavy atom. The molecule has 0 aliphatic heterocycles. The first-order valence-electron chi connectivity index (χ1n) is 16.4. The Labute approximate surface area is 288 Å². The van der Waals surface area contributed by atoms with Gasteiger partial charge in [0.2, 0.25) is 0 Å². The van der Waals surface area contributed by atoms with E-state index in [4.69, 9.17) is 15.0 Å². The fourth-order valence-electron chi connectivity index (χ4n) is 7.09. The van der Waals surface area contributed by atoms with E-state index in [1.807, 2.05) is 36.4 Å². The molecule has 0 N–H and O–H groups in total. The summed E-state index contributed by atoms with van der Waals surface area (Å²) in [6, 6.07) is 58.5. The van der Waals surface area contributed by atoms with Crippen molar-refractivity contribution in [2.45, 2.75) is 0 Å². The van der Waals surface area contributed by atoms with Crippen molar-refractivity contribution in [1.82, 2.24) is 15.0 Å². The predicted octanol–water partition coefficient (Wildman–Crippen LogP) is 11.4. The van der Waals surface area contributed by atoms with E-state index in [0.29, 0.717) is 17.5 Å². The molecule has 0 aliphatic rings. The molecular weight excluding hydrogens is 661 g/mol. The minimum atomic E-state index is 0.174. The van der Waals surface area contributed by atoms with Crippen molar-refractivity contribution in [2.75, 3.05) is 0 Å². The van der Waals surface area contributed by atoms with Crippen LogP contribution < -0.4 is 0 Å². The zero-order valence-corrected chi connectivity index (χ0v) is 28.1. The van der Waals surface area contributed by atoms with E-state index >= 15 is 0 Å². The van der Waals surface area contributed by atoms with Crippen molar-refractivity contribution in [3.63, 3.8) is 0 Å². The van der Waals surface area contributed by atoms with E-state index in [1.54, 1.807) is 0 Å². The summed E-state index contributed by atoms with van der Waals surface area (Å²) in [4.78, 5) is 14.9. The molecule has 10 rings (SSSR count). The fraction of sp³-hybridized carbons (Fsp3) is 0. The molecule has 49 heavy (non-hydrogen) atoms. The molecule has 0 radical (unpaired) electrons. The molecule has 3 nitrogen and oxygen atoms in total. The summed E-state index contributed by atoms with van der Waals surface area (Å²) in [6.07, 6.45) is 0. The van der Waals surface area contributed by atoms with Crippen molar-refractivity contribution >= 4 is 66.1 Å². The number of aromatic nitrogens is 3. The summed E-state index contributed by atoms with van der Waals surface area (Å²) >= 11 is 0.174. The first-order valence-corrected chi connectivity index (χ1v) is 18.2. The Morgan fingerprint density at radius 3 is 1.61 bits per heavy atom. The van der Waals surface area contributed by atoms with Crippen LogP contribution in [0.3, 0.4) is 0 Å². The summed E-state index contributed by atoms with van der Waals surface area (Å²) in [5.41, 5.74) is 5.51. The molecule has 0 unspecified atom stereocenters. The van der Waals surface area contributed by atoms with E-state index in [0.717, 1.165) is 16.7 Å². The molecule has 228 valence electrons. The van der Waals surface area contributed by atoms with Gasteiger partial charge >= 0.3 is 290 Å². The third-order valence-corrected chi connectivity index (χ3v) is 12.1. The van der Waals surface area contributed by atoms with Crippen LogP contribution in [0.15, 0.2) is 164 Å². The molecule has 0 amide bonds. The maximum absolute atomic E-state index is 5.00. The molecule has 0 aliphatic carbocycles. The Hall–Kier alpha value is -5.93. The number of rotatable bonds is 4. The van der Waals surface area contributed by atoms with Crippen molar-refractivity contribution < 1.29 is 0 Å². The van der Waals surface area contributed by atoms with Crippen LogP contribution in [0, 0.1) is 0 Å². The monoisotopic (exact) mass is 689 g/mol. The zero-order chi connectivity index (χ0) is 32.3. The third kappa shape index (κ3) is 4.76. The SMILES string of the molecule is c1ccc(-c2nc(-c3ccccc3)nc(-c3ccc4[se]c5c(-c6ccc7ccc8c9ccccc9ccc8c7c6)cccc5c4c3)n2)cc1. The second-order valence-corrected chi connectivity index (χ2v) is 14.6. The second kappa shape index (κ2) is 11.3. The van der Waals surface area contributed by atoms with Gasteiger partial charge < -0.3 is 0 Å². The molecule has 4 heteroatoms. The minimum absolute atomic E-state index is 0.174. The molecule has 8 aromatic carbocycles. The molecule has 0 bridgehead atoms. The average Bonchev–Trinajstić information content (AvgIpc) is 3.56. The molecule has 0 spiro atoms. The van der Waals surface area contributed by atoms with Crippen molar-refractivity contribution in [3.8, 4) is 45.3 Å².